The quantitative estimate of drug-likeness (QED) is 0.459. The van der Waals surface area contributed by atoms with Gasteiger partial charge in [0.05, 0.1) is 17.5 Å². The van der Waals surface area contributed by atoms with Crippen LogP contribution in [-0.2, 0) is 5.60 Å². The van der Waals surface area contributed by atoms with Gasteiger partial charge in [-0.15, -0.1) is 0 Å². The molecule has 4 aromatic rings. The van der Waals surface area contributed by atoms with Crippen molar-refractivity contribution in [3.63, 3.8) is 0 Å². The summed E-state index contributed by atoms with van der Waals surface area (Å²) in [6, 6.07) is 7.67. The highest BCUT2D eigenvalue weighted by Crippen LogP contribution is 2.47. The molecule has 1 aromatic carbocycles. The zero-order chi connectivity index (χ0) is 23.6. The van der Waals surface area contributed by atoms with Crippen LogP contribution in [0.25, 0.3) is 16.8 Å². The van der Waals surface area contributed by atoms with E-state index in [4.69, 9.17) is 4.74 Å². The molecule has 10 heteroatoms. The fraction of sp³-hybridized carbons (Fsp3) is 0.292. The minimum atomic E-state index is -2.99. The molecule has 1 fully saturated rings. The number of nitrogens with zero attached hydrogens (tertiary/aromatic N) is 4. The van der Waals surface area contributed by atoms with Crippen molar-refractivity contribution < 1.29 is 28.1 Å². The van der Waals surface area contributed by atoms with Gasteiger partial charge in [0.15, 0.2) is 5.82 Å². The van der Waals surface area contributed by atoms with Crippen LogP contribution in [0.1, 0.15) is 54.1 Å². The van der Waals surface area contributed by atoms with Gasteiger partial charge in [-0.2, -0.15) is 8.78 Å². The molecule has 0 bridgehead atoms. The molecule has 174 valence electrons. The lowest BCUT2D eigenvalue weighted by atomic mass is 9.95. The van der Waals surface area contributed by atoms with Gasteiger partial charge in [-0.3, -0.25) is 0 Å². The van der Waals surface area contributed by atoms with Crippen LogP contribution in [0.3, 0.4) is 0 Å². The van der Waals surface area contributed by atoms with E-state index in [0.717, 1.165) is 0 Å². The van der Waals surface area contributed by atoms with E-state index in [1.165, 1.54) is 24.5 Å². The molecule has 2 aliphatic rings. The second kappa shape index (κ2) is 7.51. The predicted molar refractivity (Wildman–Crippen MR) is 114 cm³/mol. The molecule has 0 spiro atoms. The second-order valence-electron chi connectivity index (χ2n) is 8.69. The summed E-state index contributed by atoms with van der Waals surface area (Å²) < 4.78 is 47.4. The largest absolute Gasteiger partial charge is 0.435 e. The molecule has 2 atom stereocenters. The summed E-state index contributed by atoms with van der Waals surface area (Å²) in [5, 5.41) is 20.8. The summed E-state index contributed by atoms with van der Waals surface area (Å²) >= 11 is 0. The van der Waals surface area contributed by atoms with Crippen molar-refractivity contribution in [1.29, 1.82) is 0 Å². The second-order valence-corrected chi connectivity index (χ2v) is 8.69. The van der Waals surface area contributed by atoms with Gasteiger partial charge < -0.3 is 19.4 Å². The SMILES string of the molecule is OC1CC(c2ccccc2OC(F)F)c2c1nc1cc(F)c(-c3cnc(C4(O)CC4)nc3)cn21. The summed E-state index contributed by atoms with van der Waals surface area (Å²) in [5.74, 6) is -0.719. The van der Waals surface area contributed by atoms with E-state index < -0.39 is 30.1 Å². The molecule has 6 rings (SSSR count). The topological polar surface area (TPSA) is 92.8 Å². The summed E-state index contributed by atoms with van der Waals surface area (Å²) in [6.07, 6.45) is 4.93. The van der Waals surface area contributed by atoms with E-state index >= 15 is 4.39 Å². The fourth-order valence-corrected chi connectivity index (χ4v) is 4.65. The Kier molecular flexibility index (Phi) is 4.65. The van der Waals surface area contributed by atoms with Crippen LogP contribution in [0.2, 0.25) is 0 Å². The number of para-hydroxylation sites is 1. The number of fused-ring (bicyclic) bond motifs is 3. The first-order valence-corrected chi connectivity index (χ1v) is 10.8. The molecule has 3 heterocycles. The number of benzene rings is 1. The van der Waals surface area contributed by atoms with Crippen LogP contribution < -0.4 is 4.74 Å². The number of aliphatic hydroxyl groups excluding tert-OH is 1. The van der Waals surface area contributed by atoms with Gasteiger partial charge in [0.25, 0.3) is 0 Å². The first-order chi connectivity index (χ1) is 16.3. The Morgan fingerprint density at radius 3 is 2.59 bits per heavy atom. The maximum Gasteiger partial charge on any atom is 0.387 e. The third-order valence-corrected chi connectivity index (χ3v) is 6.49. The van der Waals surface area contributed by atoms with Crippen molar-refractivity contribution in [3.8, 4) is 16.9 Å². The molecule has 0 saturated heterocycles. The lowest BCUT2D eigenvalue weighted by Gasteiger charge is -2.17. The zero-order valence-corrected chi connectivity index (χ0v) is 17.7. The van der Waals surface area contributed by atoms with E-state index in [1.54, 1.807) is 28.8 Å². The van der Waals surface area contributed by atoms with Crippen LogP contribution in [0.15, 0.2) is 48.9 Å². The minimum absolute atomic E-state index is 0.0156. The molecule has 34 heavy (non-hydrogen) atoms. The number of halogens is 3. The number of alkyl halides is 2. The molecule has 0 aliphatic heterocycles. The Morgan fingerprint density at radius 2 is 1.88 bits per heavy atom. The fourth-order valence-electron chi connectivity index (χ4n) is 4.65. The number of imidazole rings is 1. The molecular weight excluding hydrogens is 449 g/mol. The van der Waals surface area contributed by atoms with Crippen LogP contribution in [0.5, 0.6) is 5.75 Å². The first-order valence-electron chi connectivity index (χ1n) is 10.8. The number of hydrogen-bond donors (Lipinski definition) is 2. The third-order valence-electron chi connectivity index (χ3n) is 6.49. The summed E-state index contributed by atoms with van der Waals surface area (Å²) in [4.78, 5) is 12.8. The Morgan fingerprint density at radius 1 is 1.15 bits per heavy atom. The van der Waals surface area contributed by atoms with Gasteiger partial charge >= 0.3 is 6.61 Å². The smallest absolute Gasteiger partial charge is 0.387 e. The maximum atomic E-state index is 15.0. The maximum absolute atomic E-state index is 15.0. The molecule has 2 unspecified atom stereocenters. The van der Waals surface area contributed by atoms with E-state index in [1.807, 2.05) is 0 Å². The normalized spacial score (nSPS) is 20.6. The molecule has 2 aliphatic carbocycles. The highest BCUT2D eigenvalue weighted by atomic mass is 19.3. The monoisotopic (exact) mass is 468 g/mol. The summed E-state index contributed by atoms with van der Waals surface area (Å²) in [5.41, 5.74) is 1.34. The van der Waals surface area contributed by atoms with Gasteiger partial charge in [-0.05, 0) is 25.3 Å². The Balaban J connectivity index is 1.47. The third kappa shape index (κ3) is 3.33. The first kappa shape index (κ1) is 21.1. The summed E-state index contributed by atoms with van der Waals surface area (Å²) in [7, 11) is 0. The number of ether oxygens (including phenoxy) is 1. The van der Waals surface area contributed by atoms with E-state index in [9.17, 15) is 19.0 Å². The van der Waals surface area contributed by atoms with Crippen molar-refractivity contribution in [2.75, 3.05) is 0 Å². The Bertz CT molecular complexity index is 1400. The number of rotatable bonds is 5. The van der Waals surface area contributed by atoms with Crippen molar-refractivity contribution in [2.45, 2.75) is 43.5 Å². The van der Waals surface area contributed by atoms with Gasteiger partial charge in [0, 0.05) is 47.3 Å². The lowest BCUT2D eigenvalue weighted by molar-refractivity contribution is -0.0506. The lowest BCUT2D eigenvalue weighted by Crippen LogP contribution is -2.10. The van der Waals surface area contributed by atoms with Crippen molar-refractivity contribution in [2.24, 2.45) is 0 Å². The van der Waals surface area contributed by atoms with Gasteiger partial charge in [-0.1, -0.05) is 18.2 Å². The standard InChI is InChI=1S/C24H19F3N4O3/c25-16-8-19-30-20-17(32)7-14(13-3-1-2-4-18(13)34-23(26)27)21(20)31(19)11-15(16)12-9-28-22(29-10-12)24(33)5-6-24/h1-4,8-11,14,17,23,32-33H,5-7H2. The van der Waals surface area contributed by atoms with Crippen LogP contribution in [-0.4, -0.2) is 36.2 Å². The molecular formula is C24H19F3N4O3. The molecule has 1 saturated carbocycles. The highest BCUT2D eigenvalue weighted by molar-refractivity contribution is 5.65. The van der Waals surface area contributed by atoms with Crippen LogP contribution in [0.4, 0.5) is 13.2 Å². The minimum Gasteiger partial charge on any atom is -0.435 e. The predicted octanol–water partition coefficient (Wildman–Crippen LogP) is 4.08. The van der Waals surface area contributed by atoms with Gasteiger partial charge in [0.2, 0.25) is 0 Å². The molecule has 0 radical (unpaired) electrons. The number of aliphatic hydroxyl groups is 2. The highest BCUT2D eigenvalue weighted by Gasteiger charge is 2.45. The average molecular weight is 468 g/mol. The number of aromatic nitrogens is 4. The Labute approximate surface area is 191 Å². The van der Waals surface area contributed by atoms with Crippen LogP contribution >= 0.6 is 0 Å². The number of pyridine rings is 1. The summed E-state index contributed by atoms with van der Waals surface area (Å²) in [6.45, 7) is -2.99. The van der Waals surface area contributed by atoms with Crippen molar-refractivity contribution in [3.05, 3.63) is 77.5 Å². The molecule has 7 nitrogen and oxygen atoms in total. The van der Waals surface area contributed by atoms with Crippen molar-refractivity contribution in [1.82, 2.24) is 19.4 Å². The zero-order valence-electron chi connectivity index (χ0n) is 17.7. The van der Waals surface area contributed by atoms with E-state index in [-0.39, 0.29) is 23.4 Å². The number of hydrogen-bond acceptors (Lipinski definition) is 6. The molecule has 3 aromatic heterocycles. The average Bonchev–Trinajstić information content (AvgIpc) is 3.34. The van der Waals surface area contributed by atoms with Gasteiger partial charge in [0.1, 0.15) is 22.8 Å². The van der Waals surface area contributed by atoms with E-state index in [0.29, 0.717) is 41.2 Å². The van der Waals surface area contributed by atoms with E-state index in [2.05, 4.69) is 15.0 Å². The van der Waals surface area contributed by atoms with Crippen LogP contribution in [0, 0.1) is 5.82 Å². The van der Waals surface area contributed by atoms with Crippen molar-refractivity contribution >= 4 is 5.65 Å². The Hall–Kier alpha value is -3.50. The van der Waals surface area contributed by atoms with Gasteiger partial charge in [-0.25, -0.2) is 19.3 Å². The molecule has 0 amide bonds. The molecule has 2 N–H and O–H groups in total.